The summed E-state index contributed by atoms with van der Waals surface area (Å²) in [6.45, 7) is 0. The largest absolute Gasteiger partial charge is 1.00 e. The van der Waals surface area contributed by atoms with Gasteiger partial charge in [-0.05, 0) is 0 Å². The van der Waals surface area contributed by atoms with Crippen LogP contribution in [0.4, 0.5) is 0 Å². The molecule has 0 aliphatic rings. The normalized spacial score (nSPS) is 0. The Hall–Kier alpha value is 2.67. The van der Waals surface area contributed by atoms with Crippen LogP contribution in [-0.2, 0) is 50.3 Å². The van der Waals surface area contributed by atoms with Crippen LogP contribution in [0.3, 0.4) is 0 Å². The summed E-state index contributed by atoms with van der Waals surface area (Å²) in [5, 5.41) is 0. The summed E-state index contributed by atoms with van der Waals surface area (Å²) >= 11 is 0. The molecule has 0 aromatic rings. The van der Waals surface area contributed by atoms with Gasteiger partial charge in [0.25, 0.3) is 0 Å². The van der Waals surface area contributed by atoms with Crippen LogP contribution in [0.5, 0.6) is 0 Å². The summed E-state index contributed by atoms with van der Waals surface area (Å²) in [6, 6.07) is 0. The van der Waals surface area contributed by atoms with E-state index in [1.165, 1.54) is 0 Å². The summed E-state index contributed by atoms with van der Waals surface area (Å²) in [5.74, 6) is 0. The van der Waals surface area contributed by atoms with Crippen LogP contribution in [0.2, 0.25) is 0 Å². The zero-order chi connectivity index (χ0) is 0. The first-order valence-electron chi connectivity index (χ1n) is 0. The molecule has 0 aromatic carbocycles. The van der Waals surface area contributed by atoms with Gasteiger partial charge in [-0.2, -0.15) is 0 Å². The van der Waals surface area contributed by atoms with Crippen molar-refractivity contribution in [3.05, 3.63) is 0 Å². The van der Waals surface area contributed by atoms with E-state index in [-0.39, 0.29) is 96.4 Å². The molecule has 2 radical (unpaired) electrons. The summed E-state index contributed by atoms with van der Waals surface area (Å²) in [4.78, 5) is 0. The predicted octanol–water partition coefficient (Wildman–Crippen LogP) is -6.60. The van der Waals surface area contributed by atoms with Gasteiger partial charge in [0.15, 0.2) is 0 Å². The molecule has 0 bridgehead atoms. The van der Waals surface area contributed by atoms with Crippen molar-refractivity contribution in [3.63, 3.8) is 0 Å². The third-order valence-electron chi connectivity index (χ3n) is 0. The standard InChI is InChI=1S/Co.2Li.Mn.Ni.H2O.2H/h;;;;;1H2;;/q;2*+1;;;;2*-1. The van der Waals surface area contributed by atoms with Gasteiger partial charge >= 0.3 is 37.7 Å². The molecule has 0 aliphatic carbocycles. The number of hydrogen-bond donors (Lipinski definition) is 0. The maximum absolute atomic E-state index is 0. The second-order valence-corrected chi connectivity index (χ2v) is 0. The molecule has 0 heterocycles. The molecular weight excluding hydrogens is 202 g/mol. The Morgan fingerprint density at radius 3 is 1.00 bits per heavy atom. The van der Waals surface area contributed by atoms with E-state index in [0.29, 0.717) is 0 Å². The summed E-state index contributed by atoms with van der Waals surface area (Å²) < 4.78 is 0. The molecule has 0 fully saturated rings. The van der Waals surface area contributed by atoms with Crippen molar-refractivity contribution in [1.82, 2.24) is 0 Å². The van der Waals surface area contributed by atoms with Crippen molar-refractivity contribution in [2.75, 3.05) is 0 Å². The molecule has 0 unspecified atom stereocenters. The monoisotopic (exact) mass is 206 g/mol. The maximum Gasteiger partial charge on any atom is 1.00 e. The van der Waals surface area contributed by atoms with Crippen LogP contribution in [0.1, 0.15) is 2.85 Å². The van der Waals surface area contributed by atoms with E-state index < -0.39 is 0 Å². The van der Waals surface area contributed by atoms with Gasteiger partial charge in [-0.15, -0.1) is 0 Å². The fourth-order valence-electron chi connectivity index (χ4n) is 0. The average Bonchev–Trinajstić information content (AvgIpc) is 0. The SMILES string of the molecule is O.[Co].[H-].[H-].[Li+].[Li+].[Mn].[Ni]. The third-order valence-corrected chi connectivity index (χ3v) is 0. The van der Waals surface area contributed by atoms with E-state index in [9.17, 15) is 0 Å². The van der Waals surface area contributed by atoms with Crippen LogP contribution in [0, 0.1) is 0 Å². The molecule has 0 saturated carbocycles. The smallest absolute Gasteiger partial charge is 1.00 e. The van der Waals surface area contributed by atoms with Gasteiger partial charge in [-0.25, -0.2) is 0 Å². The number of rotatable bonds is 0. The zero-order valence-electron chi connectivity index (χ0n) is 5.53. The molecule has 38 valence electrons. The van der Waals surface area contributed by atoms with Crippen LogP contribution in [-0.4, -0.2) is 5.48 Å². The Kier molecular flexibility index (Phi) is 569. The minimum Gasteiger partial charge on any atom is -1.00 e. The van der Waals surface area contributed by atoms with Crippen molar-refractivity contribution in [1.29, 1.82) is 0 Å². The molecule has 6 heavy (non-hydrogen) atoms. The maximum atomic E-state index is 0. The Morgan fingerprint density at radius 1 is 1.00 bits per heavy atom. The van der Waals surface area contributed by atoms with Crippen LogP contribution in [0.15, 0.2) is 0 Å². The van der Waals surface area contributed by atoms with Gasteiger partial charge in [-0.3, -0.25) is 0 Å². The fraction of sp³-hybridized carbons (Fsp3) is 0. The molecule has 6 heteroatoms. The van der Waals surface area contributed by atoms with Gasteiger partial charge in [0.2, 0.25) is 0 Å². The fourth-order valence-corrected chi connectivity index (χ4v) is 0. The molecule has 0 amide bonds. The Bertz CT molecular complexity index is 20.0. The van der Waals surface area contributed by atoms with Gasteiger partial charge in [0, 0.05) is 50.3 Å². The molecule has 0 aliphatic heterocycles. The van der Waals surface area contributed by atoms with Gasteiger partial charge < -0.3 is 8.33 Å². The van der Waals surface area contributed by atoms with Gasteiger partial charge in [0.05, 0.1) is 0 Å². The molecular formula is H4CoLi2MnNiO. The van der Waals surface area contributed by atoms with E-state index in [1.54, 1.807) is 0 Å². The van der Waals surface area contributed by atoms with E-state index in [2.05, 4.69) is 0 Å². The average molecular weight is 206 g/mol. The third kappa shape index (κ3) is 30.0. The quantitative estimate of drug-likeness (QED) is 0.353. The minimum atomic E-state index is 0. The van der Waals surface area contributed by atoms with Crippen molar-refractivity contribution >= 4 is 0 Å². The van der Waals surface area contributed by atoms with E-state index in [1.807, 2.05) is 0 Å². The second kappa shape index (κ2) is 47.8. The van der Waals surface area contributed by atoms with Crippen molar-refractivity contribution in [3.8, 4) is 0 Å². The topological polar surface area (TPSA) is 31.5 Å². The first-order valence-corrected chi connectivity index (χ1v) is 0. The van der Waals surface area contributed by atoms with Gasteiger partial charge in [0.1, 0.15) is 0 Å². The Balaban J connectivity index is 0. The number of hydrogen-bond acceptors (Lipinski definition) is 0. The molecule has 0 rings (SSSR count). The first kappa shape index (κ1) is 71.4. The second-order valence-electron chi connectivity index (χ2n) is 0. The van der Waals surface area contributed by atoms with E-state index in [0.717, 1.165) is 0 Å². The molecule has 0 atom stereocenters. The predicted molar refractivity (Wildman–Crippen MR) is 5.84 cm³/mol. The van der Waals surface area contributed by atoms with Crippen molar-refractivity contribution < 1.29 is 96.4 Å². The molecule has 0 saturated heterocycles. The molecule has 0 aromatic heterocycles. The summed E-state index contributed by atoms with van der Waals surface area (Å²) in [7, 11) is 0. The van der Waals surface area contributed by atoms with E-state index >= 15 is 0 Å². The van der Waals surface area contributed by atoms with E-state index in [4.69, 9.17) is 0 Å². The molecule has 1 nitrogen and oxygen atoms in total. The Labute approximate surface area is 95.4 Å². The molecule has 2 N–H and O–H groups in total. The van der Waals surface area contributed by atoms with Crippen LogP contribution in [0.25, 0.3) is 0 Å². The van der Waals surface area contributed by atoms with Crippen LogP contribution >= 0.6 is 0 Å². The zero-order valence-corrected chi connectivity index (χ0v) is 6.74. The Morgan fingerprint density at radius 2 is 1.00 bits per heavy atom. The first-order chi connectivity index (χ1) is 0. The van der Waals surface area contributed by atoms with Gasteiger partial charge in [-0.1, -0.05) is 0 Å². The van der Waals surface area contributed by atoms with Crippen LogP contribution < -0.4 is 37.7 Å². The van der Waals surface area contributed by atoms with Crippen molar-refractivity contribution in [2.45, 2.75) is 0 Å². The minimum absolute atomic E-state index is 0. The summed E-state index contributed by atoms with van der Waals surface area (Å²) in [6.07, 6.45) is 0. The summed E-state index contributed by atoms with van der Waals surface area (Å²) in [5.41, 5.74) is 0. The van der Waals surface area contributed by atoms with Crippen molar-refractivity contribution in [2.24, 2.45) is 0 Å². The molecule has 0 spiro atoms.